The molecular formula is C132H84O3. The zero-order valence-corrected chi connectivity index (χ0v) is 73.7. The Kier molecular flexibility index (Phi) is 20.0. The van der Waals surface area contributed by atoms with Gasteiger partial charge in [0.25, 0.3) is 0 Å². The number of rotatable bonds is 12. The van der Waals surface area contributed by atoms with Gasteiger partial charge in [0.2, 0.25) is 0 Å². The van der Waals surface area contributed by atoms with Crippen molar-refractivity contribution in [1.29, 1.82) is 0 Å². The molecule has 0 radical (unpaired) electrons. The Morgan fingerprint density at radius 2 is 0.274 bits per heavy atom. The molecule has 27 rings (SSSR count). The fraction of sp³-hybridized carbons (Fsp3) is 0. The van der Waals surface area contributed by atoms with Gasteiger partial charge in [-0.1, -0.05) is 431 Å². The second-order valence-electron chi connectivity index (χ2n) is 35.0. The number of benzene rings is 24. The summed E-state index contributed by atoms with van der Waals surface area (Å²) in [7, 11) is 0. The largest absolute Gasteiger partial charge is 0.456 e. The summed E-state index contributed by atoms with van der Waals surface area (Å²) in [5.74, 6) is 0. The van der Waals surface area contributed by atoms with E-state index in [9.17, 15) is 0 Å². The molecule has 0 aliphatic rings. The van der Waals surface area contributed by atoms with Crippen LogP contribution in [0.15, 0.2) is 523 Å². The SMILES string of the molecule is c1ccc(-c2cccc(-c3c4ccccc4c(-c4ccc(-c5ccc6oc7ccccc7c6c5)cc4)c4ccccc34)c2)cc1.c1ccc(-c2cccc(-c3c4ccccc4c(-c4cccc(-c5ccc6oc7ccccc7c6c5)c4)c4ccccc34)c2)cc1.c1ccc(-c2cccc(-c3c4ccccc4c(-c4ccccc4-c4ccc5oc6ccccc6c5c4)c4ccccc34)c2)cc1. The molecule has 135 heavy (non-hydrogen) atoms. The first-order chi connectivity index (χ1) is 67.0. The second-order valence-corrected chi connectivity index (χ2v) is 35.0. The summed E-state index contributed by atoms with van der Waals surface area (Å²) >= 11 is 0. The average molecular weight is 1720 g/mol. The van der Waals surface area contributed by atoms with Crippen LogP contribution in [0.3, 0.4) is 0 Å². The molecule has 0 fully saturated rings. The van der Waals surface area contributed by atoms with Crippen LogP contribution in [0.5, 0.6) is 0 Å². The van der Waals surface area contributed by atoms with Gasteiger partial charge in [-0.2, -0.15) is 0 Å². The molecule has 0 saturated carbocycles. The first-order valence-electron chi connectivity index (χ1n) is 46.3. The van der Waals surface area contributed by atoms with Crippen molar-refractivity contribution in [2.75, 3.05) is 0 Å². The molecule has 0 amide bonds. The minimum Gasteiger partial charge on any atom is -0.456 e. The van der Waals surface area contributed by atoms with Crippen molar-refractivity contribution in [2.24, 2.45) is 0 Å². The van der Waals surface area contributed by atoms with Gasteiger partial charge < -0.3 is 13.3 Å². The van der Waals surface area contributed by atoms with Crippen molar-refractivity contribution in [3.05, 3.63) is 510 Å². The predicted molar refractivity (Wildman–Crippen MR) is 571 cm³/mol. The fourth-order valence-electron chi connectivity index (χ4n) is 21.0. The van der Waals surface area contributed by atoms with Gasteiger partial charge in [-0.25, -0.2) is 0 Å². The summed E-state index contributed by atoms with van der Waals surface area (Å²) in [5.41, 5.74) is 34.9. The Labute approximate surface area is 781 Å². The molecular weight excluding hydrogens is 1630 g/mol. The lowest BCUT2D eigenvalue weighted by molar-refractivity contribution is 0.668. The third-order valence-electron chi connectivity index (χ3n) is 27.2. The van der Waals surface area contributed by atoms with E-state index in [2.05, 4.69) is 473 Å². The molecule has 0 saturated heterocycles. The zero-order chi connectivity index (χ0) is 89.2. The molecule has 3 aromatic heterocycles. The maximum absolute atomic E-state index is 6.17. The molecule has 0 bridgehead atoms. The van der Waals surface area contributed by atoms with E-state index in [4.69, 9.17) is 13.3 Å². The van der Waals surface area contributed by atoms with Crippen molar-refractivity contribution in [3.63, 3.8) is 0 Å². The van der Waals surface area contributed by atoms with Crippen LogP contribution in [-0.4, -0.2) is 0 Å². The molecule has 3 heterocycles. The lowest BCUT2D eigenvalue weighted by Gasteiger charge is -2.20. The van der Waals surface area contributed by atoms with Gasteiger partial charge in [0, 0.05) is 32.3 Å². The third-order valence-corrected chi connectivity index (χ3v) is 27.2. The Balaban J connectivity index is 0.000000108. The van der Waals surface area contributed by atoms with Gasteiger partial charge in [-0.05, 0) is 277 Å². The molecule has 630 valence electrons. The van der Waals surface area contributed by atoms with Crippen molar-refractivity contribution >= 4 is 130 Å². The van der Waals surface area contributed by atoms with E-state index in [0.29, 0.717) is 0 Å². The number of hydrogen-bond donors (Lipinski definition) is 0. The van der Waals surface area contributed by atoms with Crippen molar-refractivity contribution in [2.45, 2.75) is 0 Å². The molecule has 3 nitrogen and oxygen atoms in total. The van der Waals surface area contributed by atoms with Crippen LogP contribution >= 0.6 is 0 Å². The average Bonchev–Trinajstić information content (AvgIpc) is 1.68. The van der Waals surface area contributed by atoms with Gasteiger partial charge in [-0.15, -0.1) is 0 Å². The second kappa shape index (κ2) is 33.9. The standard InChI is InChI=1S/3C44H28O/c1-2-12-29(13-3-1)30-14-10-16-33(26-30)43-36-19-4-6-21-38(36)44(39-22-7-5-20-37(39)43)34-17-11-15-31(27-34)32-24-25-42-40(28-32)35-18-8-9-23-41(35)45-42;1-2-11-29(12-3-1)32-13-10-14-34(27-32)44-38-18-6-4-16-36(38)43(37-17-5-7-19-39(37)44)31-23-21-30(22-24-31)33-25-26-42-40(28-33)35-15-8-9-20-41(35)45-42;1-2-13-29(14-3-1)30-15-12-16-32(27-30)43-36-20-6-8-22-38(36)44(39-23-9-7-21-37(39)43)35-19-5-4-17-33(35)31-25-26-42-40(28-31)34-18-10-11-24-41(34)45-42/h3*1-28H. The Morgan fingerprint density at radius 1 is 0.0889 bits per heavy atom. The highest BCUT2D eigenvalue weighted by Crippen LogP contribution is 2.51. The van der Waals surface area contributed by atoms with Crippen molar-refractivity contribution < 1.29 is 13.3 Å². The van der Waals surface area contributed by atoms with Crippen LogP contribution in [0.25, 0.3) is 264 Å². The number of furan rings is 3. The van der Waals surface area contributed by atoms with Crippen molar-refractivity contribution in [3.8, 4) is 134 Å². The number of para-hydroxylation sites is 3. The molecule has 0 unspecified atom stereocenters. The van der Waals surface area contributed by atoms with E-state index in [1.165, 1.54) is 198 Å². The predicted octanol–water partition coefficient (Wildman–Crippen LogP) is 37.7. The molecule has 3 heteroatoms. The van der Waals surface area contributed by atoms with Crippen LogP contribution in [-0.2, 0) is 0 Å². The van der Waals surface area contributed by atoms with E-state index >= 15 is 0 Å². The van der Waals surface area contributed by atoms with Crippen LogP contribution < -0.4 is 0 Å². The van der Waals surface area contributed by atoms with E-state index in [-0.39, 0.29) is 0 Å². The highest BCUT2D eigenvalue weighted by atomic mass is 16.3. The fourth-order valence-corrected chi connectivity index (χ4v) is 21.0. The molecule has 0 aliphatic carbocycles. The Hall–Kier alpha value is -17.8. The summed E-state index contributed by atoms with van der Waals surface area (Å²) in [5, 5.41) is 21.9. The summed E-state index contributed by atoms with van der Waals surface area (Å²) in [4.78, 5) is 0. The normalized spacial score (nSPS) is 11.6. The lowest BCUT2D eigenvalue weighted by Crippen LogP contribution is -1.93. The zero-order valence-electron chi connectivity index (χ0n) is 73.7. The van der Waals surface area contributed by atoms with Gasteiger partial charge in [0.1, 0.15) is 33.5 Å². The van der Waals surface area contributed by atoms with Crippen LogP contribution in [0.1, 0.15) is 0 Å². The van der Waals surface area contributed by atoms with Crippen LogP contribution in [0, 0.1) is 0 Å². The van der Waals surface area contributed by atoms with E-state index < -0.39 is 0 Å². The quantitative estimate of drug-likeness (QED) is 0.114. The van der Waals surface area contributed by atoms with Gasteiger partial charge in [-0.3, -0.25) is 0 Å². The molecule has 0 N–H and O–H groups in total. The molecule has 27 aromatic rings. The highest BCUT2D eigenvalue weighted by molar-refractivity contribution is 6.26. The van der Waals surface area contributed by atoms with Gasteiger partial charge in [0.15, 0.2) is 0 Å². The van der Waals surface area contributed by atoms with Crippen molar-refractivity contribution in [1.82, 2.24) is 0 Å². The van der Waals surface area contributed by atoms with Gasteiger partial charge >= 0.3 is 0 Å². The van der Waals surface area contributed by atoms with E-state index in [1.54, 1.807) is 0 Å². The van der Waals surface area contributed by atoms with E-state index in [0.717, 1.165) is 65.8 Å². The summed E-state index contributed by atoms with van der Waals surface area (Å²) in [6.07, 6.45) is 0. The smallest absolute Gasteiger partial charge is 0.135 e. The first kappa shape index (κ1) is 79.4. The summed E-state index contributed by atoms with van der Waals surface area (Å²) < 4.78 is 18.4. The summed E-state index contributed by atoms with van der Waals surface area (Å²) in [6.45, 7) is 0. The molecule has 0 aliphatic heterocycles. The van der Waals surface area contributed by atoms with E-state index in [1.807, 2.05) is 36.4 Å². The van der Waals surface area contributed by atoms with Gasteiger partial charge in [0.05, 0.1) is 0 Å². The minimum absolute atomic E-state index is 0.912. The number of hydrogen-bond acceptors (Lipinski definition) is 3. The van der Waals surface area contributed by atoms with Crippen LogP contribution in [0.2, 0.25) is 0 Å². The minimum atomic E-state index is 0.912. The first-order valence-corrected chi connectivity index (χ1v) is 46.3. The lowest BCUT2D eigenvalue weighted by atomic mass is 9.83. The highest BCUT2D eigenvalue weighted by Gasteiger charge is 2.25. The summed E-state index contributed by atoms with van der Waals surface area (Å²) in [6, 6.07) is 183. The monoisotopic (exact) mass is 1720 g/mol. The Bertz CT molecular complexity index is 9120. The topological polar surface area (TPSA) is 39.4 Å². The molecule has 24 aromatic carbocycles. The van der Waals surface area contributed by atoms with Crippen LogP contribution in [0.4, 0.5) is 0 Å². The maximum atomic E-state index is 6.17. The maximum Gasteiger partial charge on any atom is 0.135 e. The molecule has 0 atom stereocenters. The third kappa shape index (κ3) is 14.3. The number of fused-ring (bicyclic) bond motifs is 15. The molecule has 0 spiro atoms. The Morgan fingerprint density at radius 3 is 0.593 bits per heavy atom.